The molecule has 4 aromatic rings. The van der Waals surface area contributed by atoms with Gasteiger partial charge in [-0.15, -0.1) is 0 Å². The number of hydrogen-bond acceptors (Lipinski definition) is 4. The average Bonchev–Trinajstić information content (AvgIpc) is 2.87. The molecule has 1 N–H and O–H groups in total. The first-order valence-electron chi connectivity index (χ1n) is 11.0. The molecule has 0 aliphatic rings. The summed E-state index contributed by atoms with van der Waals surface area (Å²) in [6, 6.07) is 23.5. The molecule has 35 heavy (non-hydrogen) atoms. The number of pyridine rings is 1. The SMILES string of the molecule is Cn1cc(C(CCN=O)(c2ccc(-c3ccc(C(=O)O)cc3)cc2)c2ccccc2F)ccc1=O. The zero-order valence-electron chi connectivity index (χ0n) is 19.0. The van der Waals surface area contributed by atoms with Gasteiger partial charge in [0.2, 0.25) is 5.56 Å². The van der Waals surface area contributed by atoms with Crippen LogP contribution in [-0.4, -0.2) is 22.2 Å². The zero-order chi connectivity index (χ0) is 25.0. The van der Waals surface area contributed by atoms with E-state index < -0.39 is 17.2 Å². The van der Waals surface area contributed by atoms with Crippen molar-refractivity contribution >= 4 is 5.97 Å². The van der Waals surface area contributed by atoms with E-state index in [0.29, 0.717) is 11.1 Å². The summed E-state index contributed by atoms with van der Waals surface area (Å²) < 4.78 is 16.7. The van der Waals surface area contributed by atoms with Crippen LogP contribution in [0, 0.1) is 10.7 Å². The maximum Gasteiger partial charge on any atom is 0.335 e. The predicted octanol–water partition coefficient (Wildman–Crippen LogP) is 5.38. The van der Waals surface area contributed by atoms with Gasteiger partial charge in [-0.3, -0.25) is 4.79 Å². The lowest BCUT2D eigenvalue weighted by Gasteiger charge is -2.36. The van der Waals surface area contributed by atoms with Crippen LogP contribution >= 0.6 is 0 Å². The summed E-state index contributed by atoms with van der Waals surface area (Å²) in [6.45, 7) is -0.0599. The van der Waals surface area contributed by atoms with Crippen LogP contribution in [0.2, 0.25) is 0 Å². The Hall–Kier alpha value is -4.39. The third-order valence-electron chi connectivity index (χ3n) is 6.33. The van der Waals surface area contributed by atoms with Crippen LogP contribution in [0.15, 0.2) is 101 Å². The Kier molecular flexibility index (Phi) is 6.68. The van der Waals surface area contributed by atoms with Crippen LogP contribution in [0.1, 0.15) is 33.5 Å². The Balaban J connectivity index is 1.91. The Labute approximate surface area is 201 Å². The van der Waals surface area contributed by atoms with Crippen molar-refractivity contribution in [2.45, 2.75) is 11.8 Å². The van der Waals surface area contributed by atoms with Gasteiger partial charge in [0.25, 0.3) is 0 Å². The highest BCUT2D eigenvalue weighted by Gasteiger charge is 2.38. The number of rotatable bonds is 8. The Morgan fingerprint density at radius 1 is 0.914 bits per heavy atom. The highest BCUT2D eigenvalue weighted by Crippen LogP contribution is 2.43. The number of hydrogen-bond donors (Lipinski definition) is 1. The summed E-state index contributed by atoms with van der Waals surface area (Å²) in [4.78, 5) is 34.5. The molecule has 0 spiro atoms. The number of carboxylic acid groups (broad SMARTS) is 1. The largest absolute Gasteiger partial charge is 0.478 e. The molecule has 0 bridgehead atoms. The second-order valence-electron chi connectivity index (χ2n) is 8.31. The number of nitrogens with zero attached hydrogens (tertiary/aromatic N) is 2. The summed E-state index contributed by atoms with van der Waals surface area (Å²) in [7, 11) is 1.62. The summed E-state index contributed by atoms with van der Waals surface area (Å²) >= 11 is 0. The molecule has 1 heterocycles. The molecule has 1 unspecified atom stereocenters. The number of aryl methyl sites for hydroxylation is 1. The maximum absolute atomic E-state index is 15.3. The van der Waals surface area contributed by atoms with Gasteiger partial charge in [0.05, 0.1) is 17.5 Å². The van der Waals surface area contributed by atoms with Crippen LogP contribution in [0.5, 0.6) is 0 Å². The minimum Gasteiger partial charge on any atom is -0.478 e. The van der Waals surface area contributed by atoms with Crippen molar-refractivity contribution < 1.29 is 14.3 Å². The topological polar surface area (TPSA) is 88.7 Å². The molecule has 0 aliphatic heterocycles. The summed E-state index contributed by atoms with van der Waals surface area (Å²) in [5, 5.41) is 12.2. The molecular formula is C28H23FN2O4. The van der Waals surface area contributed by atoms with E-state index in [-0.39, 0.29) is 24.1 Å². The first-order chi connectivity index (χ1) is 16.9. The fourth-order valence-electron chi connectivity index (χ4n) is 4.52. The smallest absolute Gasteiger partial charge is 0.335 e. The van der Waals surface area contributed by atoms with Crippen LogP contribution in [0.3, 0.4) is 0 Å². The van der Waals surface area contributed by atoms with Gasteiger partial charge in [0.1, 0.15) is 5.82 Å². The molecule has 4 rings (SSSR count). The second-order valence-corrected chi connectivity index (χ2v) is 8.31. The number of aromatic carboxylic acids is 1. The van der Waals surface area contributed by atoms with Gasteiger partial charge in [-0.1, -0.05) is 65.8 Å². The fraction of sp³-hybridized carbons (Fsp3) is 0.143. The Morgan fingerprint density at radius 3 is 2.09 bits per heavy atom. The molecule has 0 aliphatic carbocycles. The molecule has 1 atom stereocenters. The van der Waals surface area contributed by atoms with Crippen molar-refractivity contribution in [3.05, 3.63) is 134 Å². The Bertz CT molecular complexity index is 1430. The van der Waals surface area contributed by atoms with Crippen molar-refractivity contribution in [1.82, 2.24) is 4.57 Å². The van der Waals surface area contributed by atoms with Gasteiger partial charge in [-0.2, -0.15) is 4.91 Å². The minimum atomic E-state index is -1.07. The molecule has 0 saturated carbocycles. The number of benzene rings is 3. The summed E-state index contributed by atoms with van der Waals surface area (Å²) in [5.74, 6) is -1.43. The van der Waals surface area contributed by atoms with E-state index in [4.69, 9.17) is 5.11 Å². The predicted molar refractivity (Wildman–Crippen MR) is 132 cm³/mol. The fourth-order valence-corrected chi connectivity index (χ4v) is 4.52. The molecule has 7 heteroatoms. The average molecular weight is 471 g/mol. The molecule has 0 fully saturated rings. The van der Waals surface area contributed by atoms with Crippen molar-refractivity contribution in [1.29, 1.82) is 0 Å². The van der Waals surface area contributed by atoms with Gasteiger partial charge in [-0.05, 0) is 46.9 Å². The van der Waals surface area contributed by atoms with E-state index >= 15 is 4.39 Å². The molecule has 3 aromatic carbocycles. The monoisotopic (exact) mass is 470 g/mol. The first kappa shape index (κ1) is 23.8. The maximum atomic E-state index is 15.3. The van der Waals surface area contributed by atoms with Gasteiger partial charge in [-0.25, -0.2) is 9.18 Å². The molecule has 176 valence electrons. The van der Waals surface area contributed by atoms with Crippen LogP contribution in [0.25, 0.3) is 11.1 Å². The van der Waals surface area contributed by atoms with E-state index in [1.807, 2.05) is 24.3 Å². The van der Waals surface area contributed by atoms with E-state index in [9.17, 15) is 14.5 Å². The van der Waals surface area contributed by atoms with Crippen molar-refractivity contribution in [3.63, 3.8) is 0 Å². The van der Waals surface area contributed by atoms with E-state index in [2.05, 4.69) is 5.18 Å². The number of carboxylic acids is 1. The molecule has 6 nitrogen and oxygen atoms in total. The van der Waals surface area contributed by atoms with Gasteiger partial charge in [0, 0.05) is 24.9 Å². The standard InChI is InChI=1S/C28H23FN2O4/c1-31-18-23(14-15-26(31)32)28(16-17-30-35,24-4-2-3-5-25(24)29)22-12-10-20(11-13-22)19-6-8-21(9-7-19)27(33)34/h2-15,18H,16-17H2,1H3,(H,33,34). The number of aromatic nitrogens is 1. The van der Waals surface area contributed by atoms with E-state index in [1.165, 1.54) is 28.8 Å². The van der Waals surface area contributed by atoms with Crippen LogP contribution < -0.4 is 5.56 Å². The highest BCUT2D eigenvalue weighted by atomic mass is 19.1. The summed E-state index contributed by atoms with van der Waals surface area (Å²) in [5.41, 5.74) is 2.36. The van der Waals surface area contributed by atoms with Gasteiger partial charge >= 0.3 is 5.97 Å². The van der Waals surface area contributed by atoms with Crippen LogP contribution in [-0.2, 0) is 12.5 Å². The lowest BCUT2D eigenvalue weighted by Crippen LogP contribution is -2.33. The van der Waals surface area contributed by atoms with Crippen molar-refractivity contribution in [2.24, 2.45) is 12.2 Å². The van der Waals surface area contributed by atoms with Crippen molar-refractivity contribution in [3.8, 4) is 11.1 Å². The second kappa shape index (κ2) is 9.85. The molecular weight excluding hydrogens is 447 g/mol. The van der Waals surface area contributed by atoms with Gasteiger partial charge < -0.3 is 9.67 Å². The lowest BCUT2D eigenvalue weighted by atomic mass is 9.67. The Morgan fingerprint density at radius 2 is 1.51 bits per heavy atom. The van der Waals surface area contributed by atoms with Crippen LogP contribution in [0.4, 0.5) is 4.39 Å². The van der Waals surface area contributed by atoms with Crippen molar-refractivity contribution in [2.75, 3.05) is 6.54 Å². The molecule has 1 aromatic heterocycles. The molecule has 0 saturated heterocycles. The lowest BCUT2D eigenvalue weighted by molar-refractivity contribution is 0.0697. The molecule has 0 amide bonds. The number of carbonyl (C=O) groups is 1. The quantitative estimate of drug-likeness (QED) is 0.350. The van der Waals surface area contributed by atoms with E-state index in [0.717, 1.165) is 16.7 Å². The van der Waals surface area contributed by atoms with E-state index in [1.54, 1.807) is 49.6 Å². The minimum absolute atomic E-state index is 0.0599. The normalized spacial score (nSPS) is 12.6. The third-order valence-corrected chi connectivity index (χ3v) is 6.33. The number of halogens is 1. The number of nitroso groups, excluding NO2 is 1. The molecule has 0 radical (unpaired) electrons. The highest BCUT2D eigenvalue weighted by molar-refractivity contribution is 5.88. The first-order valence-corrected chi connectivity index (χ1v) is 11.0. The van der Waals surface area contributed by atoms with Gasteiger partial charge in [0.15, 0.2) is 0 Å². The summed E-state index contributed by atoms with van der Waals surface area (Å²) in [6.07, 6.45) is 1.86. The zero-order valence-corrected chi connectivity index (χ0v) is 19.0. The third kappa shape index (κ3) is 4.53.